The van der Waals surface area contributed by atoms with E-state index in [0.717, 1.165) is 19.6 Å². The van der Waals surface area contributed by atoms with E-state index < -0.39 is 0 Å². The molecule has 2 aromatic carbocycles. The highest BCUT2D eigenvalue weighted by Crippen LogP contribution is 2.33. The van der Waals surface area contributed by atoms with E-state index in [0.29, 0.717) is 28.9 Å². The third-order valence-electron chi connectivity index (χ3n) is 4.04. The van der Waals surface area contributed by atoms with Gasteiger partial charge in [0.2, 0.25) is 0 Å². The predicted molar refractivity (Wildman–Crippen MR) is 93.7 cm³/mol. The lowest BCUT2D eigenvalue weighted by Gasteiger charge is -2.26. The van der Waals surface area contributed by atoms with Gasteiger partial charge in [-0.25, -0.2) is 4.39 Å². The summed E-state index contributed by atoms with van der Waals surface area (Å²) >= 11 is 5.96. The summed E-state index contributed by atoms with van der Waals surface area (Å²) < 4.78 is 25.2. The molecule has 1 heterocycles. The molecule has 24 heavy (non-hydrogen) atoms. The monoisotopic (exact) mass is 349 g/mol. The second-order valence-corrected chi connectivity index (χ2v) is 6.34. The lowest BCUT2D eigenvalue weighted by molar-refractivity contribution is 0.181. The standard InChI is InChI=1S/C19H21ClFNO2/c20-15-5-4-6-17(13-15)24-19-14-16(21)7-8-18(19)23-12-11-22-9-2-1-3-10-22/h4-8,13-14H,1-3,9-12H2. The first-order chi connectivity index (χ1) is 11.7. The minimum atomic E-state index is -0.365. The number of rotatable bonds is 6. The van der Waals surface area contributed by atoms with Gasteiger partial charge < -0.3 is 9.47 Å². The number of hydrogen-bond donors (Lipinski definition) is 0. The fourth-order valence-corrected chi connectivity index (χ4v) is 2.99. The van der Waals surface area contributed by atoms with Crippen molar-refractivity contribution in [3.05, 3.63) is 53.3 Å². The minimum absolute atomic E-state index is 0.357. The molecule has 0 amide bonds. The number of likely N-dealkylation sites (tertiary alicyclic amines) is 1. The van der Waals surface area contributed by atoms with Crippen LogP contribution in [0.5, 0.6) is 17.2 Å². The van der Waals surface area contributed by atoms with Crippen LogP contribution in [0.4, 0.5) is 4.39 Å². The van der Waals surface area contributed by atoms with Gasteiger partial charge in [-0.2, -0.15) is 0 Å². The van der Waals surface area contributed by atoms with Crippen LogP contribution in [0.2, 0.25) is 5.02 Å². The Bertz CT molecular complexity index is 674. The Morgan fingerprint density at radius 2 is 1.83 bits per heavy atom. The van der Waals surface area contributed by atoms with Gasteiger partial charge >= 0.3 is 0 Å². The summed E-state index contributed by atoms with van der Waals surface area (Å²) in [4.78, 5) is 2.39. The molecular formula is C19H21ClFNO2. The van der Waals surface area contributed by atoms with Crippen LogP contribution in [-0.2, 0) is 0 Å². The highest BCUT2D eigenvalue weighted by molar-refractivity contribution is 6.30. The molecule has 1 saturated heterocycles. The Hall–Kier alpha value is -1.78. The molecule has 0 unspecified atom stereocenters. The molecule has 0 radical (unpaired) electrons. The minimum Gasteiger partial charge on any atom is -0.488 e. The molecule has 1 aliphatic heterocycles. The summed E-state index contributed by atoms with van der Waals surface area (Å²) in [6, 6.07) is 11.3. The Morgan fingerprint density at radius 3 is 2.62 bits per heavy atom. The number of benzene rings is 2. The van der Waals surface area contributed by atoms with Crippen molar-refractivity contribution >= 4 is 11.6 Å². The molecule has 0 N–H and O–H groups in total. The average molecular weight is 350 g/mol. The third-order valence-corrected chi connectivity index (χ3v) is 4.28. The molecule has 1 aliphatic rings. The van der Waals surface area contributed by atoms with E-state index in [1.165, 1.54) is 31.4 Å². The van der Waals surface area contributed by atoms with Crippen molar-refractivity contribution in [2.24, 2.45) is 0 Å². The highest BCUT2D eigenvalue weighted by atomic mass is 35.5. The molecular weight excluding hydrogens is 329 g/mol. The van der Waals surface area contributed by atoms with Crippen LogP contribution in [0, 0.1) is 5.82 Å². The van der Waals surface area contributed by atoms with Crippen LogP contribution in [0.15, 0.2) is 42.5 Å². The number of ether oxygens (including phenoxy) is 2. The summed E-state index contributed by atoms with van der Waals surface area (Å²) in [6.45, 7) is 3.67. The molecule has 3 nitrogen and oxygen atoms in total. The molecule has 5 heteroatoms. The van der Waals surface area contributed by atoms with Gasteiger partial charge in [-0.15, -0.1) is 0 Å². The van der Waals surface area contributed by atoms with Gasteiger partial charge in [0.05, 0.1) is 0 Å². The topological polar surface area (TPSA) is 21.7 Å². The van der Waals surface area contributed by atoms with Crippen LogP contribution in [-0.4, -0.2) is 31.1 Å². The van der Waals surface area contributed by atoms with E-state index >= 15 is 0 Å². The molecule has 0 atom stereocenters. The largest absolute Gasteiger partial charge is 0.488 e. The van der Waals surface area contributed by atoms with E-state index in [-0.39, 0.29) is 5.82 Å². The van der Waals surface area contributed by atoms with Crippen molar-refractivity contribution < 1.29 is 13.9 Å². The van der Waals surface area contributed by atoms with Gasteiger partial charge in [-0.3, -0.25) is 4.90 Å². The molecule has 2 aromatic rings. The molecule has 0 aromatic heterocycles. The Balaban J connectivity index is 1.64. The molecule has 0 spiro atoms. The van der Waals surface area contributed by atoms with Gasteiger partial charge in [0.15, 0.2) is 11.5 Å². The first kappa shape index (κ1) is 17.1. The molecule has 0 saturated carbocycles. The summed E-state index contributed by atoms with van der Waals surface area (Å²) in [5.74, 6) is 1.08. The summed E-state index contributed by atoms with van der Waals surface area (Å²) in [5, 5.41) is 0.566. The van der Waals surface area contributed by atoms with Gasteiger partial charge in [0.1, 0.15) is 18.2 Å². The van der Waals surface area contributed by atoms with Gasteiger partial charge in [0.25, 0.3) is 0 Å². The van der Waals surface area contributed by atoms with Gasteiger partial charge in [-0.05, 0) is 56.3 Å². The van der Waals surface area contributed by atoms with Crippen molar-refractivity contribution in [1.82, 2.24) is 4.90 Å². The first-order valence-electron chi connectivity index (χ1n) is 8.29. The van der Waals surface area contributed by atoms with Crippen molar-refractivity contribution in [2.45, 2.75) is 19.3 Å². The SMILES string of the molecule is Fc1ccc(OCCN2CCCCC2)c(Oc2cccc(Cl)c2)c1. The van der Waals surface area contributed by atoms with Crippen molar-refractivity contribution in [3.63, 3.8) is 0 Å². The molecule has 128 valence electrons. The normalized spacial score (nSPS) is 15.2. The van der Waals surface area contributed by atoms with Crippen LogP contribution < -0.4 is 9.47 Å². The zero-order valence-corrected chi connectivity index (χ0v) is 14.3. The zero-order chi connectivity index (χ0) is 16.8. The Labute approximate surface area is 146 Å². The summed E-state index contributed by atoms with van der Waals surface area (Å²) in [5.41, 5.74) is 0. The molecule has 0 aliphatic carbocycles. The second-order valence-electron chi connectivity index (χ2n) is 5.90. The Morgan fingerprint density at radius 1 is 1.00 bits per heavy atom. The zero-order valence-electron chi connectivity index (χ0n) is 13.5. The lowest BCUT2D eigenvalue weighted by atomic mass is 10.1. The van der Waals surface area contributed by atoms with Crippen LogP contribution >= 0.6 is 11.6 Å². The maximum Gasteiger partial charge on any atom is 0.172 e. The molecule has 3 rings (SSSR count). The van der Waals surface area contributed by atoms with Crippen LogP contribution in [0.25, 0.3) is 0 Å². The molecule has 1 fully saturated rings. The number of nitrogens with zero attached hydrogens (tertiary/aromatic N) is 1. The average Bonchev–Trinajstić information content (AvgIpc) is 2.58. The maximum atomic E-state index is 13.6. The summed E-state index contributed by atoms with van der Waals surface area (Å²) in [7, 11) is 0. The number of halogens is 2. The maximum absolute atomic E-state index is 13.6. The highest BCUT2D eigenvalue weighted by Gasteiger charge is 2.12. The third kappa shape index (κ3) is 4.86. The van der Waals surface area contributed by atoms with Gasteiger partial charge in [0, 0.05) is 17.6 Å². The quantitative estimate of drug-likeness (QED) is 0.721. The number of piperidine rings is 1. The van der Waals surface area contributed by atoms with E-state index in [1.54, 1.807) is 30.3 Å². The van der Waals surface area contributed by atoms with E-state index in [9.17, 15) is 4.39 Å². The lowest BCUT2D eigenvalue weighted by Crippen LogP contribution is -2.33. The van der Waals surface area contributed by atoms with Crippen molar-refractivity contribution in [3.8, 4) is 17.2 Å². The van der Waals surface area contributed by atoms with Crippen LogP contribution in [0.3, 0.4) is 0 Å². The Kier molecular flexibility index (Phi) is 5.94. The first-order valence-corrected chi connectivity index (χ1v) is 8.67. The smallest absolute Gasteiger partial charge is 0.172 e. The fraction of sp³-hybridized carbons (Fsp3) is 0.368. The second kappa shape index (κ2) is 8.36. The van der Waals surface area contributed by atoms with Crippen LogP contribution in [0.1, 0.15) is 19.3 Å². The molecule has 0 bridgehead atoms. The fourth-order valence-electron chi connectivity index (χ4n) is 2.81. The van der Waals surface area contributed by atoms with E-state index in [1.807, 2.05) is 0 Å². The van der Waals surface area contributed by atoms with Crippen molar-refractivity contribution in [1.29, 1.82) is 0 Å². The van der Waals surface area contributed by atoms with E-state index in [4.69, 9.17) is 21.1 Å². The summed E-state index contributed by atoms with van der Waals surface area (Å²) in [6.07, 6.45) is 3.81. The number of hydrogen-bond acceptors (Lipinski definition) is 3. The predicted octanol–water partition coefficient (Wildman–Crippen LogP) is 5.14. The van der Waals surface area contributed by atoms with Gasteiger partial charge in [-0.1, -0.05) is 24.1 Å². The van der Waals surface area contributed by atoms with Crippen molar-refractivity contribution in [2.75, 3.05) is 26.2 Å². The van der Waals surface area contributed by atoms with E-state index in [2.05, 4.69) is 4.90 Å².